The lowest BCUT2D eigenvalue weighted by molar-refractivity contribution is -0.122. The minimum Gasteiger partial charge on any atom is -0.274 e. The lowest BCUT2D eigenvalue weighted by Gasteiger charge is -2.20. The Morgan fingerprint density at radius 2 is 2.18 bits per heavy atom. The number of amides is 1. The summed E-state index contributed by atoms with van der Waals surface area (Å²) in [4.78, 5) is 18.3. The van der Waals surface area contributed by atoms with Gasteiger partial charge in [-0.05, 0) is 36.8 Å². The molecule has 1 amide bonds. The van der Waals surface area contributed by atoms with E-state index in [-0.39, 0.29) is 12.5 Å². The van der Waals surface area contributed by atoms with Gasteiger partial charge in [0, 0.05) is 5.02 Å². The van der Waals surface area contributed by atoms with Gasteiger partial charge in [0.05, 0.1) is 12.8 Å². The highest BCUT2D eigenvalue weighted by atomic mass is 35.5. The molecule has 1 heterocycles. The van der Waals surface area contributed by atoms with Gasteiger partial charge in [0.2, 0.25) is 5.11 Å². The Kier molecular flexibility index (Phi) is 3.33. The molecular weight excluding hydrogens is 260 g/mol. The van der Waals surface area contributed by atoms with Crippen LogP contribution in [0, 0.1) is 6.92 Å². The van der Waals surface area contributed by atoms with Gasteiger partial charge in [-0.2, -0.15) is 0 Å². The quantitative estimate of drug-likeness (QED) is 0.771. The maximum absolute atomic E-state index is 11.9. The average molecular weight is 271 g/mol. The Bertz CT molecular complexity index is 492. The molecule has 1 aliphatic heterocycles. The first-order valence-electron chi connectivity index (χ1n) is 4.99. The van der Waals surface area contributed by atoms with Gasteiger partial charge >= 0.3 is 0 Å². The molecule has 0 N–H and O–H groups in total. The molecular formula is C11H11ClN2O2S. The van der Waals surface area contributed by atoms with Crippen LogP contribution < -0.4 is 4.90 Å². The molecule has 0 saturated carbocycles. The largest absolute Gasteiger partial charge is 0.274 e. The summed E-state index contributed by atoms with van der Waals surface area (Å²) in [5.41, 5.74) is 1.63. The van der Waals surface area contributed by atoms with E-state index in [4.69, 9.17) is 28.7 Å². The fraction of sp³-hybridized carbons (Fsp3) is 0.273. The van der Waals surface area contributed by atoms with Gasteiger partial charge in [-0.25, -0.2) is 5.06 Å². The van der Waals surface area contributed by atoms with Crippen molar-refractivity contribution < 1.29 is 9.63 Å². The van der Waals surface area contributed by atoms with E-state index in [1.807, 2.05) is 13.0 Å². The van der Waals surface area contributed by atoms with Crippen LogP contribution in [0.25, 0.3) is 0 Å². The van der Waals surface area contributed by atoms with Crippen LogP contribution in [0.2, 0.25) is 5.02 Å². The normalized spacial score (nSPS) is 15.9. The summed E-state index contributed by atoms with van der Waals surface area (Å²) in [5, 5.41) is 2.28. The van der Waals surface area contributed by atoms with Crippen LogP contribution >= 0.6 is 23.8 Å². The molecule has 2 rings (SSSR count). The van der Waals surface area contributed by atoms with Crippen molar-refractivity contribution in [2.24, 2.45) is 0 Å². The molecule has 1 aromatic rings. The molecule has 90 valence electrons. The SMILES string of the molecule is CON1CC(=O)N(c2cc(Cl)ccc2C)C1=S. The lowest BCUT2D eigenvalue weighted by Crippen LogP contribution is -2.32. The second kappa shape index (κ2) is 4.60. The Labute approximate surface area is 110 Å². The fourth-order valence-electron chi connectivity index (χ4n) is 1.68. The van der Waals surface area contributed by atoms with E-state index in [2.05, 4.69) is 0 Å². The monoisotopic (exact) mass is 270 g/mol. The molecule has 0 aliphatic carbocycles. The average Bonchev–Trinajstić information content (AvgIpc) is 2.58. The number of hydroxylamine groups is 2. The molecule has 0 radical (unpaired) electrons. The molecule has 1 fully saturated rings. The van der Waals surface area contributed by atoms with E-state index >= 15 is 0 Å². The van der Waals surface area contributed by atoms with E-state index in [0.717, 1.165) is 5.56 Å². The molecule has 0 unspecified atom stereocenters. The van der Waals surface area contributed by atoms with Gasteiger partial charge in [-0.1, -0.05) is 17.7 Å². The Balaban J connectivity index is 2.43. The second-order valence-corrected chi connectivity index (χ2v) is 4.46. The second-order valence-electron chi connectivity index (χ2n) is 3.66. The van der Waals surface area contributed by atoms with Gasteiger partial charge in [0.15, 0.2) is 0 Å². The third kappa shape index (κ3) is 2.13. The van der Waals surface area contributed by atoms with Crippen LogP contribution in [-0.2, 0) is 9.63 Å². The zero-order valence-electron chi connectivity index (χ0n) is 9.44. The molecule has 0 aromatic heterocycles. The van der Waals surface area contributed by atoms with Crippen molar-refractivity contribution in [2.45, 2.75) is 6.92 Å². The van der Waals surface area contributed by atoms with E-state index in [1.54, 1.807) is 12.1 Å². The van der Waals surface area contributed by atoms with Gasteiger partial charge in [0.25, 0.3) is 5.91 Å². The standard InChI is InChI=1S/C11H11ClN2O2S/c1-7-3-4-8(12)5-9(7)14-10(15)6-13(16-2)11(14)17/h3-5H,6H2,1-2H3. The predicted octanol–water partition coefficient (Wildman–Crippen LogP) is 2.14. The van der Waals surface area contributed by atoms with Crippen LogP contribution in [0.15, 0.2) is 18.2 Å². The van der Waals surface area contributed by atoms with E-state index in [0.29, 0.717) is 15.8 Å². The van der Waals surface area contributed by atoms with Crippen LogP contribution in [0.5, 0.6) is 0 Å². The zero-order chi connectivity index (χ0) is 12.6. The number of hydrogen-bond acceptors (Lipinski definition) is 3. The van der Waals surface area contributed by atoms with E-state index in [9.17, 15) is 4.79 Å². The van der Waals surface area contributed by atoms with E-state index in [1.165, 1.54) is 17.1 Å². The molecule has 0 atom stereocenters. The minimum absolute atomic E-state index is 0.123. The maximum atomic E-state index is 11.9. The highest BCUT2D eigenvalue weighted by molar-refractivity contribution is 7.80. The summed E-state index contributed by atoms with van der Waals surface area (Å²) < 4.78 is 0. The first-order valence-corrected chi connectivity index (χ1v) is 5.78. The van der Waals surface area contributed by atoms with Crippen molar-refractivity contribution in [2.75, 3.05) is 18.6 Å². The highest BCUT2D eigenvalue weighted by Gasteiger charge is 2.35. The molecule has 6 heteroatoms. The van der Waals surface area contributed by atoms with Crippen molar-refractivity contribution in [3.8, 4) is 0 Å². The van der Waals surface area contributed by atoms with Crippen molar-refractivity contribution in [1.82, 2.24) is 5.06 Å². The summed E-state index contributed by atoms with van der Waals surface area (Å²) in [5.74, 6) is -0.123. The van der Waals surface area contributed by atoms with Gasteiger partial charge < -0.3 is 0 Å². The number of carbonyl (C=O) groups excluding carboxylic acids is 1. The molecule has 17 heavy (non-hydrogen) atoms. The number of nitrogens with zero attached hydrogens (tertiary/aromatic N) is 2. The summed E-state index contributed by atoms with van der Waals surface area (Å²) in [6.07, 6.45) is 0. The lowest BCUT2D eigenvalue weighted by atomic mass is 10.2. The maximum Gasteiger partial charge on any atom is 0.255 e. The molecule has 1 aliphatic rings. The van der Waals surface area contributed by atoms with Crippen LogP contribution in [0.1, 0.15) is 5.56 Å². The minimum atomic E-state index is -0.123. The molecule has 1 aromatic carbocycles. The third-order valence-electron chi connectivity index (χ3n) is 2.57. The van der Waals surface area contributed by atoms with Crippen LogP contribution in [0.3, 0.4) is 0 Å². The van der Waals surface area contributed by atoms with Crippen molar-refractivity contribution >= 4 is 40.5 Å². The summed E-state index contributed by atoms with van der Waals surface area (Å²) in [7, 11) is 1.48. The zero-order valence-corrected chi connectivity index (χ0v) is 11.0. The smallest absolute Gasteiger partial charge is 0.255 e. The van der Waals surface area contributed by atoms with E-state index < -0.39 is 0 Å². The molecule has 4 nitrogen and oxygen atoms in total. The Morgan fingerprint density at radius 3 is 2.76 bits per heavy atom. The number of aryl methyl sites for hydroxylation is 1. The summed E-state index contributed by atoms with van der Waals surface area (Å²) in [6, 6.07) is 5.35. The number of carbonyl (C=O) groups is 1. The number of hydrogen-bond donors (Lipinski definition) is 0. The number of benzene rings is 1. The highest BCUT2D eigenvalue weighted by Crippen LogP contribution is 2.28. The topological polar surface area (TPSA) is 32.8 Å². The Morgan fingerprint density at radius 1 is 1.47 bits per heavy atom. The molecule has 1 saturated heterocycles. The van der Waals surface area contributed by atoms with Gasteiger partial charge in [-0.15, -0.1) is 0 Å². The van der Waals surface area contributed by atoms with Gasteiger partial charge in [-0.3, -0.25) is 14.5 Å². The number of rotatable bonds is 2. The number of anilines is 1. The van der Waals surface area contributed by atoms with Crippen LogP contribution in [-0.4, -0.2) is 29.7 Å². The van der Waals surface area contributed by atoms with Gasteiger partial charge in [0.1, 0.15) is 6.54 Å². The summed E-state index contributed by atoms with van der Waals surface area (Å²) >= 11 is 11.1. The molecule has 0 spiro atoms. The van der Waals surface area contributed by atoms with Crippen molar-refractivity contribution in [3.05, 3.63) is 28.8 Å². The predicted molar refractivity (Wildman–Crippen MR) is 70.0 cm³/mol. The van der Waals surface area contributed by atoms with Crippen molar-refractivity contribution in [3.63, 3.8) is 0 Å². The Hall–Kier alpha value is -1.17. The molecule has 0 bridgehead atoms. The van der Waals surface area contributed by atoms with Crippen molar-refractivity contribution in [1.29, 1.82) is 0 Å². The summed E-state index contributed by atoms with van der Waals surface area (Å²) in [6.45, 7) is 2.03. The first kappa shape index (κ1) is 12.3. The van der Waals surface area contributed by atoms with Crippen LogP contribution in [0.4, 0.5) is 5.69 Å². The number of halogens is 1. The number of thiocarbonyl (C=S) groups is 1. The third-order valence-corrected chi connectivity index (χ3v) is 3.19. The fourth-order valence-corrected chi connectivity index (χ4v) is 2.19. The first-order chi connectivity index (χ1) is 8.04.